The molecule has 1 rings (SSSR count). The van der Waals surface area contributed by atoms with Crippen LogP contribution in [0.3, 0.4) is 0 Å². The van der Waals surface area contributed by atoms with Crippen LogP contribution in [-0.4, -0.2) is 26.0 Å². The predicted octanol–water partition coefficient (Wildman–Crippen LogP) is 2.01. The highest BCUT2D eigenvalue weighted by Gasteiger charge is 2.18. The van der Waals surface area contributed by atoms with Crippen molar-refractivity contribution < 1.29 is 14.3 Å². The topological polar surface area (TPSA) is 46.6 Å². The molecular formula is C13H15NO3. The fourth-order valence-electron chi connectivity index (χ4n) is 1.44. The number of nitrogens with zero attached hydrogens (tertiary/aromatic N) is 1. The smallest absolute Gasteiger partial charge is 0.339 e. The molecule has 17 heavy (non-hydrogen) atoms. The molecule has 1 aromatic rings. The van der Waals surface area contributed by atoms with Crippen molar-refractivity contribution in [1.82, 2.24) is 0 Å². The molecule has 0 unspecified atom stereocenters. The first-order chi connectivity index (χ1) is 7.99. The van der Waals surface area contributed by atoms with Crippen molar-refractivity contribution >= 4 is 17.6 Å². The maximum atomic E-state index is 11.8. The number of likely N-dealkylation sites (N-methyl/N-ethyl adjacent to an activating group) is 1. The molecule has 4 nitrogen and oxygen atoms in total. The fraction of sp³-hybridized carbons (Fsp3) is 0.231. The van der Waals surface area contributed by atoms with E-state index in [0.717, 1.165) is 0 Å². The molecule has 1 amide bonds. The second-order valence-electron chi connectivity index (χ2n) is 3.65. The van der Waals surface area contributed by atoms with Crippen molar-refractivity contribution in [3.05, 3.63) is 42.0 Å². The Labute approximate surface area is 100 Å². The lowest BCUT2D eigenvalue weighted by Gasteiger charge is -2.19. The van der Waals surface area contributed by atoms with Crippen LogP contribution in [0.2, 0.25) is 0 Å². The zero-order valence-corrected chi connectivity index (χ0v) is 10.2. The summed E-state index contributed by atoms with van der Waals surface area (Å²) in [6.07, 6.45) is 0. The summed E-state index contributed by atoms with van der Waals surface area (Å²) < 4.78 is 4.67. The Morgan fingerprint density at radius 3 is 2.41 bits per heavy atom. The molecule has 0 aromatic heterocycles. The number of amides is 1. The summed E-state index contributed by atoms with van der Waals surface area (Å²) in [5.74, 6) is -0.705. The van der Waals surface area contributed by atoms with Crippen LogP contribution in [0.4, 0.5) is 5.69 Å². The number of hydrogen-bond donors (Lipinski definition) is 0. The number of carbonyl (C=O) groups is 2. The average molecular weight is 233 g/mol. The number of benzene rings is 1. The number of esters is 1. The molecule has 0 radical (unpaired) electrons. The predicted molar refractivity (Wildman–Crippen MR) is 66.0 cm³/mol. The number of anilines is 1. The van der Waals surface area contributed by atoms with Gasteiger partial charge in [-0.3, -0.25) is 4.79 Å². The van der Waals surface area contributed by atoms with E-state index >= 15 is 0 Å². The first-order valence-electron chi connectivity index (χ1n) is 5.10. The van der Waals surface area contributed by atoms with Gasteiger partial charge in [0.2, 0.25) is 0 Å². The second-order valence-corrected chi connectivity index (χ2v) is 3.65. The van der Waals surface area contributed by atoms with Gasteiger partial charge in [-0.15, -0.1) is 0 Å². The lowest BCUT2D eigenvalue weighted by molar-refractivity contribution is -0.114. The molecule has 0 heterocycles. The van der Waals surface area contributed by atoms with Gasteiger partial charge in [0, 0.05) is 12.6 Å². The van der Waals surface area contributed by atoms with Crippen LogP contribution in [-0.2, 0) is 9.53 Å². The van der Waals surface area contributed by atoms with Gasteiger partial charge in [-0.05, 0) is 19.1 Å². The number of methoxy groups -OCH3 is 1. The molecule has 0 fully saturated rings. The van der Waals surface area contributed by atoms with E-state index in [1.165, 1.54) is 12.0 Å². The highest BCUT2D eigenvalue weighted by Crippen LogP contribution is 2.21. The van der Waals surface area contributed by atoms with E-state index in [2.05, 4.69) is 11.3 Å². The van der Waals surface area contributed by atoms with Gasteiger partial charge in [0.05, 0.1) is 18.4 Å². The van der Waals surface area contributed by atoms with Crippen molar-refractivity contribution in [2.45, 2.75) is 6.92 Å². The minimum absolute atomic E-state index is 0.235. The number of carbonyl (C=O) groups excluding carboxylic acids is 2. The standard InChI is InChI=1S/C13H15NO3/c1-9(2)12(15)14(3)11-8-6-5-7-10(11)13(16)17-4/h5-8H,1H2,2-4H3. The van der Waals surface area contributed by atoms with Crippen molar-refractivity contribution in [2.24, 2.45) is 0 Å². The summed E-state index contributed by atoms with van der Waals surface area (Å²) in [4.78, 5) is 24.7. The van der Waals surface area contributed by atoms with Gasteiger partial charge < -0.3 is 9.64 Å². The minimum Gasteiger partial charge on any atom is -0.465 e. The van der Waals surface area contributed by atoms with Crippen LogP contribution in [0.5, 0.6) is 0 Å². The molecule has 0 aliphatic rings. The fourth-order valence-corrected chi connectivity index (χ4v) is 1.44. The van der Waals surface area contributed by atoms with E-state index in [-0.39, 0.29) is 5.91 Å². The third-order valence-electron chi connectivity index (χ3n) is 2.34. The first kappa shape index (κ1) is 13.0. The van der Waals surface area contributed by atoms with Gasteiger partial charge in [0.15, 0.2) is 0 Å². The third kappa shape index (κ3) is 2.72. The Kier molecular flexibility index (Phi) is 4.04. The van der Waals surface area contributed by atoms with Crippen LogP contribution < -0.4 is 4.90 Å². The van der Waals surface area contributed by atoms with Crippen LogP contribution in [0.15, 0.2) is 36.4 Å². The molecule has 0 atom stereocenters. The number of ether oxygens (including phenoxy) is 1. The normalized spacial score (nSPS) is 9.59. The third-order valence-corrected chi connectivity index (χ3v) is 2.34. The maximum absolute atomic E-state index is 11.8. The van der Waals surface area contributed by atoms with Gasteiger partial charge in [-0.25, -0.2) is 4.79 Å². The van der Waals surface area contributed by atoms with Crippen molar-refractivity contribution in [3.63, 3.8) is 0 Å². The number of para-hydroxylation sites is 1. The summed E-state index contributed by atoms with van der Waals surface area (Å²) in [6.45, 7) is 5.21. The van der Waals surface area contributed by atoms with E-state index in [9.17, 15) is 9.59 Å². The second kappa shape index (κ2) is 5.30. The van der Waals surface area contributed by atoms with Gasteiger partial charge in [0.25, 0.3) is 5.91 Å². The molecule has 0 aliphatic heterocycles. The van der Waals surface area contributed by atoms with E-state index in [0.29, 0.717) is 16.8 Å². The zero-order chi connectivity index (χ0) is 13.0. The lowest BCUT2D eigenvalue weighted by Crippen LogP contribution is -2.28. The van der Waals surface area contributed by atoms with E-state index in [1.807, 2.05) is 0 Å². The molecule has 1 aromatic carbocycles. The van der Waals surface area contributed by atoms with Crippen LogP contribution >= 0.6 is 0 Å². The van der Waals surface area contributed by atoms with E-state index in [4.69, 9.17) is 0 Å². The molecule has 0 spiro atoms. The highest BCUT2D eigenvalue weighted by molar-refractivity contribution is 6.08. The van der Waals surface area contributed by atoms with Gasteiger partial charge >= 0.3 is 5.97 Å². The van der Waals surface area contributed by atoms with E-state index < -0.39 is 5.97 Å². The average Bonchev–Trinajstić information content (AvgIpc) is 2.35. The zero-order valence-electron chi connectivity index (χ0n) is 10.2. The number of rotatable bonds is 3. The molecule has 0 saturated heterocycles. The lowest BCUT2D eigenvalue weighted by atomic mass is 10.1. The molecule has 4 heteroatoms. The quantitative estimate of drug-likeness (QED) is 0.592. The van der Waals surface area contributed by atoms with E-state index in [1.54, 1.807) is 38.2 Å². The molecule has 0 aliphatic carbocycles. The molecule has 90 valence electrons. The molecular weight excluding hydrogens is 218 g/mol. The van der Waals surface area contributed by atoms with Gasteiger partial charge in [-0.2, -0.15) is 0 Å². The summed E-state index contributed by atoms with van der Waals surface area (Å²) in [7, 11) is 2.90. The Balaban J connectivity index is 3.18. The minimum atomic E-state index is -0.470. The Bertz CT molecular complexity index is 465. The van der Waals surface area contributed by atoms with Crippen LogP contribution in [0, 0.1) is 0 Å². The molecule has 0 saturated carbocycles. The summed E-state index contributed by atoms with van der Waals surface area (Å²) in [5.41, 5.74) is 1.27. The maximum Gasteiger partial charge on any atom is 0.339 e. The van der Waals surface area contributed by atoms with Crippen molar-refractivity contribution in [2.75, 3.05) is 19.1 Å². The Morgan fingerprint density at radius 2 is 1.88 bits per heavy atom. The first-order valence-corrected chi connectivity index (χ1v) is 5.10. The Morgan fingerprint density at radius 1 is 1.29 bits per heavy atom. The van der Waals surface area contributed by atoms with Crippen molar-refractivity contribution in [1.29, 1.82) is 0 Å². The SMILES string of the molecule is C=C(C)C(=O)N(C)c1ccccc1C(=O)OC. The molecule has 0 bridgehead atoms. The molecule has 0 N–H and O–H groups in total. The van der Waals surface area contributed by atoms with Crippen molar-refractivity contribution in [3.8, 4) is 0 Å². The monoisotopic (exact) mass is 233 g/mol. The Hall–Kier alpha value is -2.10. The van der Waals surface area contributed by atoms with Gasteiger partial charge in [-0.1, -0.05) is 18.7 Å². The largest absolute Gasteiger partial charge is 0.465 e. The summed E-state index contributed by atoms with van der Waals surface area (Å²) in [6, 6.07) is 6.77. The van der Waals surface area contributed by atoms with Gasteiger partial charge in [0.1, 0.15) is 0 Å². The number of hydrogen-bond acceptors (Lipinski definition) is 3. The van der Waals surface area contributed by atoms with Crippen LogP contribution in [0.25, 0.3) is 0 Å². The summed E-state index contributed by atoms with van der Waals surface area (Å²) in [5, 5.41) is 0. The summed E-state index contributed by atoms with van der Waals surface area (Å²) >= 11 is 0. The highest BCUT2D eigenvalue weighted by atomic mass is 16.5. The van der Waals surface area contributed by atoms with Crippen LogP contribution in [0.1, 0.15) is 17.3 Å².